The van der Waals surface area contributed by atoms with E-state index >= 15 is 0 Å². The second-order valence-corrected chi connectivity index (χ2v) is 8.77. The van der Waals surface area contributed by atoms with Crippen molar-refractivity contribution in [1.82, 2.24) is 4.90 Å². The van der Waals surface area contributed by atoms with Crippen molar-refractivity contribution in [3.8, 4) is 0 Å². The van der Waals surface area contributed by atoms with Crippen molar-refractivity contribution in [2.24, 2.45) is 5.41 Å². The van der Waals surface area contributed by atoms with E-state index in [2.05, 4.69) is 24.1 Å². The van der Waals surface area contributed by atoms with Crippen LogP contribution in [-0.4, -0.2) is 55.5 Å². The van der Waals surface area contributed by atoms with Crippen LogP contribution in [0.15, 0.2) is 35.5 Å². The lowest BCUT2D eigenvalue weighted by atomic mass is 9.74. The van der Waals surface area contributed by atoms with Crippen LogP contribution in [0, 0.1) is 5.41 Å². The molecule has 28 heavy (non-hydrogen) atoms. The molecule has 2 heterocycles. The lowest BCUT2D eigenvalue weighted by Crippen LogP contribution is -2.49. The molecule has 0 saturated carbocycles. The van der Waals surface area contributed by atoms with Crippen LogP contribution in [0.25, 0.3) is 0 Å². The van der Waals surface area contributed by atoms with E-state index in [0.717, 1.165) is 29.1 Å². The number of hydrogen-bond acceptors (Lipinski definition) is 5. The fourth-order valence-electron chi connectivity index (χ4n) is 4.57. The molecule has 1 aliphatic carbocycles. The molecule has 1 amide bonds. The Morgan fingerprint density at radius 3 is 2.68 bits per heavy atom. The van der Waals surface area contributed by atoms with Crippen molar-refractivity contribution in [2.75, 3.05) is 43.1 Å². The molecule has 150 valence electrons. The summed E-state index contributed by atoms with van der Waals surface area (Å²) in [6.07, 6.45) is 1.37. The minimum Gasteiger partial charge on any atom is -0.378 e. The van der Waals surface area contributed by atoms with E-state index in [1.165, 1.54) is 0 Å². The highest BCUT2D eigenvalue weighted by Gasteiger charge is 2.39. The van der Waals surface area contributed by atoms with Gasteiger partial charge in [-0.15, -0.1) is 0 Å². The molecule has 1 aromatic carbocycles. The zero-order chi connectivity index (χ0) is 19.9. The van der Waals surface area contributed by atoms with Gasteiger partial charge in [-0.05, 0) is 30.9 Å². The van der Waals surface area contributed by atoms with Gasteiger partial charge in [0.2, 0.25) is 5.91 Å². The highest BCUT2D eigenvalue weighted by atomic mass is 16.5. The van der Waals surface area contributed by atoms with Gasteiger partial charge in [0, 0.05) is 30.8 Å². The minimum absolute atomic E-state index is 0.0592. The van der Waals surface area contributed by atoms with E-state index in [-0.39, 0.29) is 29.7 Å². The molecule has 4 rings (SSSR count). The Kier molecular flexibility index (Phi) is 4.91. The van der Waals surface area contributed by atoms with Gasteiger partial charge >= 0.3 is 0 Å². The zero-order valence-electron chi connectivity index (χ0n) is 17.0. The van der Waals surface area contributed by atoms with Gasteiger partial charge in [0.1, 0.15) is 0 Å². The molecular weight excluding hydrogens is 354 g/mol. The molecule has 1 N–H and O–H groups in total. The minimum atomic E-state index is -0.153. The third kappa shape index (κ3) is 3.53. The van der Waals surface area contributed by atoms with Gasteiger partial charge in [-0.2, -0.15) is 0 Å². The van der Waals surface area contributed by atoms with Gasteiger partial charge in [0.25, 0.3) is 0 Å². The van der Waals surface area contributed by atoms with Crippen molar-refractivity contribution in [1.29, 1.82) is 0 Å². The van der Waals surface area contributed by atoms with E-state index in [9.17, 15) is 9.59 Å². The molecule has 0 bridgehead atoms. The average Bonchev–Trinajstić information content (AvgIpc) is 2.76. The van der Waals surface area contributed by atoms with Crippen molar-refractivity contribution in [3.63, 3.8) is 0 Å². The van der Waals surface area contributed by atoms with Gasteiger partial charge < -0.3 is 19.9 Å². The SMILES string of the molecule is CC1C2=C(CC(C)(C)CC2=O)Nc2ccccc2N1CC(=O)N1CCOCC1. The Balaban J connectivity index is 1.70. The Hall–Kier alpha value is -2.34. The van der Waals surface area contributed by atoms with E-state index < -0.39 is 0 Å². The molecule has 1 fully saturated rings. The number of carbonyl (C=O) groups excluding carboxylic acids is 2. The molecule has 0 aromatic heterocycles. The fraction of sp³-hybridized carbons (Fsp3) is 0.545. The third-order valence-corrected chi connectivity index (χ3v) is 5.97. The molecule has 3 aliphatic rings. The van der Waals surface area contributed by atoms with Crippen LogP contribution in [0.4, 0.5) is 11.4 Å². The standard InChI is InChI=1S/C22H29N3O3/c1-15-21-17(12-22(2,3)13-19(21)26)23-16-6-4-5-7-18(16)25(15)14-20(27)24-8-10-28-11-9-24/h4-7,15,23H,8-14H2,1-3H3. The van der Waals surface area contributed by atoms with Gasteiger partial charge in [-0.1, -0.05) is 26.0 Å². The fourth-order valence-corrected chi connectivity index (χ4v) is 4.57. The average molecular weight is 383 g/mol. The first-order chi connectivity index (χ1) is 13.4. The summed E-state index contributed by atoms with van der Waals surface area (Å²) in [6.45, 7) is 9.00. The van der Waals surface area contributed by atoms with Gasteiger partial charge in [0.05, 0.1) is 37.2 Å². The van der Waals surface area contributed by atoms with Crippen molar-refractivity contribution in [2.45, 2.75) is 39.7 Å². The Bertz CT molecular complexity index is 824. The normalized spacial score (nSPS) is 24.2. The number of nitrogens with one attached hydrogen (secondary N) is 1. The summed E-state index contributed by atoms with van der Waals surface area (Å²) < 4.78 is 5.37. The Labute approximate surface area is 166 Å². The number of nitrogens with zero attached hydrogens (tertiary/aromatic N) is 2. The number of hydrogen-bond donors (Lipinski definition) is 1. The third-order valence-electron chi connectivity index (χ3n) is 5.97. The number of ether oxygens (including phenoxy) is 1. The number of benzene rings is 1. The van der Waals surface area contributed by atoms with Gasteiger partial charge in [0.15, 0.2) is 5.78 Å². The largest absolute Gasteiger partial charge is 0.378 e. The first-order valence-corrected chi connectivity index (χ1v) is 10.1. The number of para-hydroxylation sites is 2. The monoisotopic (exact) mass is 383 g/mol. The summed E-state index contributed by atoms with van der Waals surface area (Å²) in [4.78, 5) is 30.0. The van der Waals surface area contributed by atoms with E-state index in [0.29, 0.717) is 32.7 Å². The second kappa shape index (κ2) is 7.24. The van der Waals surface area contributed by atoms with Crippen molar-refractivity contribution in [3.05, 3.63) is 35.5 Å². The lowest BCUT2D eigenvalue weighted by Gasteiger charge is -2.37. The number of fused-ring (bicyclic) bond motifs is 1. The summed E-state index contributed by atoms with van der Waals surface area (Å²) >= 11 is 0. The molecule has 1 unspecified atom stereocenters. The van der Waals surface area contributed by atoms with Crippen molar-refractivity contribution >= 4 is 23.1 Å². The molecule has 6 heteroatoms. The summed E-state index contributed by atoms with van der Waals surface area (Å²) in [5, 5.41) is 3.53. The lowest BCUT2D eigenvalue weighted by molar-refractivity contribution is -0.133. The van der Waals surface area contributed by atoms with Gasteiger partial charge in [-0.3, -0.25) is 9.59 Å². The predicted molar refractivity (Wildman–Crippen MR) is 109 cm³/mol. The molecule has 1 aromatic rings. The summed E-state index contributed by atoms with van der Waals surface area (Å²) in [7, 11) is 0. The van der Waals surface area contributed by atoms with Crippen LogP contribution in [0.1, 0.15) is 33.6 Å². The first kappa shape index (κ1) is 19.0. The topological polar surface area (TPSA) is 61.9 Å². The number of carbonyl (C=O) groups is 2. The molecule has 0 radical (unpaired) electrons. The molecule has 1 atom stereocenters. The van der Waals surface area contributed by atoms with Crippen LogP contribution < -0.4 is 10.2 Å². The molecular formula is C22H29N3O3. The number of anilines is 2. The number of ketones is 1. The number of Topliss-reactive ketones (excluding diaryl/α,β-unsaturated/α-hetero) is 1. The summed E-state index contributed by atoms with van der Waals surface area (Å²) in [5.41, 5.74) is 3.69. The molecule has 6 nitrogen and oxygen atoms in total. The number of amides is 1. The van der Waals surface area contributed by atoms with Crippen LogP contribution in [0.2, 0.25) is 0 Å². The molecule has 0 spiro atoms. The summed E-state index contributed by atoms with van der Waals surface area (Å²) in [6, 6.07) is 7.87. The number of morpholine rings is 1. The maximum atomic E-state index is 13.1. The maximum Gasteiger partial charge on any atom is 0.242 e. The van der Waals surface area contributed by atoms with Crippen LogP contribution >= 0.6 is 0 Å². The van der Waals surface area contributed by atoms with Gasteiger partial charge in [-0.25, -0.2) is 0 Å². The van der Waals surface area contributed by atoms with E-state index in [4.69, 9.17) is 4.74 Å². The van der Waals surface area contributed by atoms with Crippen LogP contribution in [0.3, 0.4) is 0 Å². The molecule has 1 saturated heterocycles. The number of rotatable bonds is 2. The highest BCUT2D eigenvalue weighted by Crippen LogP contribution is 2.43. The van der Waals surface area contributed by atoms with E-state index in [1.807, 2.05) is 36.1 Å². The van der Waals surface area contributed by atoms with Crippen LogP contribution in [-0.2, 0) is 14.3 Å². The van der Waals surface area contributed by atoms with Crippen LogP contribution in [0.5, 0.6) is 0 Å². The predicted octanol–water partition coefficient (Wildman–Crippen LogP) is 2.81. The number of allylic oxidation sites excluding steroid dienone is 1. The zero-order valence-corrected chi connectivity index (χ0v) is 17.0. The Morgan fingerprint density at radius 2 is 1.93 bits per heavy atom. The molecule has 2 aliphatic heterocycles. The maximum absolute atomic E-state index is 13.1. The first-order valence-electron chi connectivity index (χ1n) is 10.1. The quantitative estimate of drug-likeness (QED) is 0.851. The highest BCUT2D eigenvalue weighted by molar-refractivity contribution is 6.01. The van der Waals surface area contributed by atoms with E-state index in [1.54, 1.807) is 0 Å². The smallest absolute Gasteiger partial charge is 0.242 e. The Morgan fingerprint density at radius 1 is 1.21 bits per heavy atom. The van der Waals surface area contributed by atoms with Crippen molar-refractivity contribution < 1.29 is 14.3 Å². The summed E-state index contributed by atoms with van der Waals surface area (Å²) in [5.74, 6) is 0.264. The second-order valence-electron chi connectivity index (χ2n) is 8.77.